The predicted molar refractivity (Wildman–Crippen MR) is 83.7 cm³/mol. The van der Waals surface area contributed by atoms with Crippen molar-refractivity contribution in [1.82, 2.24) is 10.3 Å². The van der Waals surface area contributed by atoms with Gasteiger partial charge in [0.1, 0.15) is 0 Å². The molecule has 0 aliphatic heterocycles. The maximum Gasteiger partial charge on any atom is 0.0365 e. The summed E-state index contributed by atoms with van der Waals surface area (Å²) in [5, 5.41) is 5.90. The topological polar surface area (TPSA) is 24.9 Å². The molecule has 0 radical (unpaired) electrons. The molecule has 0 spiro atoms. The van der Waals surface area contributed by atoms with E-state index < -0.39 is 0 Å². The fraction of sp³-hybridized carbons (Fsp3) is 0.167. The normalized spacial score (nSPS) is 12.4. The molecule has 0 saturated carbocycles. The molecule has 1 heterocycles. The smallest absolute Gasteiger partial charge is 0.0365 e. The lowest BCUT2D eigenvalue weighted by molar-refractivity contribution is 0.596. The Kier molecular flexibility index (Phi) is 3.75. The minimum atomic E-state index is 0.297. The van der Waals surface area contributed by atoms with Crippen LogP contribution >= 0.6 is 0 Å². The summed E-state index contributed by atoms with van der Waals surface area (Å²) in [5.74, 6) is 0. The van der Waals surface area contributed by atoms with Crippen LogP contribution in [0.1, 0.15) is 17.2 Å². The SMILES string of the molecule is CNC(Cc1ccccc1)c1cccc2ccncc12. The van der Waals surface area contributed by atoms with Crippen molar-refractivity contribution in [2.24, 2.45) is 0 Å². The van der Waals surface area contributed by atoms with Gasteiger partial charge in [-0.3, -0.25) is 4.98 Å². The Morgan fingerprint density at radius 1 is 1.00 bits per heavy atom. The van der Waals surface area contributed by atoms with Gasteiger partial charge in [0.05, 0.1) is 0 Å². The third-order valence-corrected chi connectivity index (χ3v) is 3.72. The van der Waals surface area contributed by atoms with Gasteiger partial charge in [-0.25, -0.2) is 0 Å². The Balaban J connectivity index is 1.99. The molecule has 1 unspecified atom stereocenters. The first-order valence-electron chi connectivity index (χ1n) is 6.92. The summed E-state index contributed by atoms with van der Waals surface area (Å²) in [4.78, 5) is 4.27. The summed E-state index contributed by atoms with van der Waals surface area (Å²) in [6.07, 6.45) is 4.78. The van der Waals surface area contributed by atoms with Crippen LogP contribution in [0.3, 0.4) is 0 Å². The van der Waals surface area contributed by atoms with Crippen molar-refractivity contribution in [2.45, 2.75) is 12.5 Å². The van der Waals surface area contributed by atoms with Gasteiger partial charge < -0.3 is 5.32 Å². The minimum absolute atomic E-state index is 0.297. The molecule has 100 valence electrons. The van der Waals surface area contributed by atoms with Gasteiger partial charge in [0.25, 0.3) is 0 Å². The molecule has 0 aliphatic rings. The van der Waals surface area contributed by atoms with Crippen LogP contribution in [0.4, 0.5) is 0 Å². The van der Waals surface area contributed by atoms with Gasteiger partial charge >= 0.3 is 0 Å². The van der Waals surface area contributed by atoms with Crippen molar-refractivity contribution >= 4 is 10.8 Å². The summed E-state index contributed by atoms with van der Waals surface area (Å²) in [7, 11) is 2.02. The van der Waals surface area contributed by atoms with Crippen LogP contribution in [0.15, 0.2) is 67.0 Å². The van der Waals surface area contributed by atoms with Crippen LogP contribution < -0.4 is 5.32 Å². The van der Waals surface area contributed by atoms with Gasteiger partial charge in [-0.05, 0) is 36.0 Å². The number of nitrogens with one attached hydrogen (secondary N) is 1. The zero-order chi connectivity index (χ0) is 13.8. The Bertz CT molecular complexity index is 687. The van der Waals surface area contributed by atoms with Crippen molar-refractivity contribution in [3.8, 4) is 0 Å². The standard InChI is InChI=1S/C18H18N2/c1-19-18(12-14-6-3-2-4-7-14)16-9-5-8-15-10-11-20-13-17(15)16/h2-11,13,18-19H,12H2,1H3. The molecule has 0 aliphatic carbocycles. The Morgan fingerprint density at radius 2 is 1.85 bits per heavy atom. The lowest BCUT2D eigenvalue weighted by Crippen LogP contribution is -2.19. The zero-order valence-electron chi connectivity index (χ0n) is 11.6. The Labute approximate surface area is 119 Å². The van der Waals surface area contributed by atoms with Gasteiger partial charge in [0.15, 0.2) is 0 Å². The summed E-state index contributed by atoms with van der Waals surface area (Å²) in [6, 6.07) is 19.4. The quantitative estimate of drug-likeness (QED) is 0.774. The highest BCUT2D eigenvalue weighted by atomic mass is 14.9. The molecule has 2 aromatic carbocycles. The van der Waals surface area contributed by atoms with E-state index in [1.54, 1.807) is 0 Å². The molecule has 1 atom stereocenters. The molecule has 0 amide bonds. The number of likely N-dealkylation sites (N-methyl/N-ethyl adjacent to an activating group) is 1. The molecule has 2 heteroatoms. The summed E-state index contributed by atoms with van der Waals surface area (Å²) >= 11 is 0. The molecular weight excluding hydrogens is 244 g/mol. The largest absolute Gasteiger partial charge is 0.313 e. The number of hydrogen-bond donors (Lipinski definition) is 1. The second-order valence-corrected chi connectivity index (χ2v) is 4.98. The molecule has 0 bridgehead atoms. The van der Waals surface area contributed by atoms with Crippen molar-refractivity contribution in [3.05, 3.63) is 78.1 Å². The van der Waals surface area contributed by atoms with Gasteiger partial charge in [-0.2, -0.15) is 0 Å². The van der Waals surface area contributed by atoms with E-state index in [1.165, 1.54) is 21.9 Å². The number of nitrogens with zero attached hydrogens (tertiary/aromatic N) is 1. The number of fused-ring (bicyclic) bond motifs is 1. The molecule has 0 saturated heterocycles. The first kappa shape index (κ1) is 12.8. The summed E-state index contributed by atoms with van der Waals surface area (Å²) < 4.78 is 0. The highest BCUT2D eigenvalue weighted by Crippen LogP contribution is 2.25. The van der Waals surface area contributed by atoms with E-state index in [4.69, 9.17) is 0 Å². The van der Waals surface area contributed by atoms with E-state index in [0.29, 0.717) is 6.04 Å². The number of aromatic nitrogens is 1. The van der Waals surface area contributed by atoms with Crippen LogP contribution in [0.5, 0.6) is 0 Å². The third kappa shape index (κ3) is 2.56. The summed E-state index contributed by atoms with van der Waals surface area (Å²) in [5.41, 5.74) is 2.65. The zero-order valence-corrected chi connectivity index (χ0v) is 11.6. The first-order chi connectivity index (χ1) is 9.88. The molecule has 1 aromatic heterocycles. The molecule has 3 rings (SSSR count). The monoisotopic (exact) mass is 262 g/mol. The maximum absolute atomic E-state index is 4.27. The average Bonchev–Trinajstić information content (AvgIpc) is 2.53. The average molecular weight is 262 g/mol. The van der Waals surface area contributed by atoms with Crippen LogP contribution in [0, 0.1) is 0 Å². The fourth-order valence-corrected chi connectivity index (χ4v) is 2.66. The van der Waals surface area contributed by atoms with E-state index in [9.17, 15) is 0 Å². The minimum Gasteiger partial charge on any atom is -0.313 e. The van der Waals surface area contributed by atoms with E-state index in [0.717, 1.165) is 6.42 Å². The number of benzene rings is 2. The van der Waals surface area contributed by atoms with Crippen LogP contribution in [-0.4, -0.2) is 12.0 Å². The van der Waals surface area contributed by atoms with Crippen LogP contribution in [0.2, 0.25) is 0 Å². The van der Waals surface area contributed by atoms with Crippen LogP contribution in [-0.2, 0) is 6.42 Å². The van der Waals surface area contributed by atoms with Crippen molar-refractivity contribution in [2.75, 3.05) is 7.05 Å². The highest BCUT2D eigenvalue weighted by Gasteiger charge is 2.13. The number of rotatable bonds is 4. The molecule has 0 fully saturated rings. The lowest BCUT2D eigenvalue weighted by atomic mass is 9.95. The molecule has 1 N–H and O–H groups in total. The maximum atomic E-state index is 4.27. The predicted octanol–water partition coefficient (Wildman–Crippen LogP) is 3.74. The van der Waals surface area contributed by atoms with Crippen molar-refractivity contribution in [3.63, 3.8) is 0 Å². The summed E-state index contributed by atoms with van der Waals surface area (Å²) in [6.45, 7) is 0. The third-order valence-electron chi connectivity index (χ3n) is 3.72. The Hall–Kier alpha value is -2.19. The lowest BCUT2D eigenvalue weighted by Gasteiger charge is -2.18. The molecule has 20 heavy (non-hydrogen) atoms. The van der Waals surface area contributed by atoms with E-state index >= 15 is 0 Å². The van der Waals surface area contributed by atoms with Gasteiger partial charge in [-0.1, -0.05) is 48.5 Å². The molecule has 3 aromatic rings. The Morgan fingerprint density at radius 3 is 2.65 bits per heavy atom. The molecule has 2 nitrogen and oxygen atoms in total. The fourth-order valence-electron chi connectivity index (χ4n) is 2.66. The van der Waals surface area contributed by atoms with Gasteiger partial charge in [0.2, 0.25) is 0 Å². The van der Waals surface area contributed by atoms with E-state index in [-0.39, 0.29) is 0 Å². The van der Waals surface area contributed by atoms with Gasteiger partial charge in [0, 0.05) is 23.8 Å². The number of hydrogen-bond acceptors (Lipinski definition) is 2. The first-order valence-corrected chi connectivity index (χ1v) is 6.92. The van der Waals surface area contributed by atoms with Crippen molar-refractivity contribution in [1.29, 1.82) is 0 Å². The number of pyridine rings is 1. The van der Waals surface area contributed by atoms with Gasteiger partial charge in [-0.15, -0.1) is 0 Å². The second-order valence-electron chi connectivity index (χ2n) is 4.98. The van der Waals surface area contributed by atoms with E-state index in [1.807, 2.05) is 19.4 Å². The molecular formula is C18H18N2. The van der Waals surface area contributed by atoms with Crippen LogP contribution in [0.25, 0.3) is 10.8 Å². The van der Waals surface area contributed by atoms with Crippen molar-refractivity contribution < 1.29 is 0 Å². The second kappa shape index (κ2) is 5.85. The highest BCUT2D eigenvalue weighted by molar-refractivity contribution is 5.85. The van der Waals surface area contributed by atoms with E-state index in [2.05, 4.69) is 64.9 Å².